The average Bonchev–Trinajstić information content (AvgIpc) is 3.02. The SMILES string of the molecule is Cc1ccc(S(=O)(=O)n2cc(Nc3ccccc3)c3ccccc32)cc1. The van der Waals surface area contributed by atoms with Gasteiger partial charge in [0.1, 0.15) is 0 Å². The molecular formula is C21H18N2O2S. The zero-order chi connectivity index (χ0) is 18.1. The second kappa shape index (κ2) is 6.35. The van der Waals surface area contributed by atoms with Gasteiger partial charge >= 0.3 is 0 Å². The van der Waals surface area contributed by atoms with Crippen molar-refractivity contribution < 1.29 is 8.42 Å². The lowest BCUT2D eigenvalue weighted by Gasteiger charge is -2.07. The van der Waals surface area contributed by atoms with Crippen LogP contribution in [0, 0.1) is 6.92 Å². The molecule has 0 spiro atoms. The van der Waals surface area contributed by atoms with Crippen LogP contribution in [0.4, 0.5) is 11.4 Å². The first-order chi connectivity index (χ1) is 12.6. The maximum absolute atomic E-state index is 13.2. The van der Waals surface area contributed by atoms with Crippen molar-refractivity contribution >= 4 is 32.3 Å². The Morgan fingerprint density at radius 2 is 1.46 bits per heavy atom. The molecule has 4 nitrogen and oxygen atoms in total. The number of hydrogen-bond acceptors (Lipinski definition) is 3. The van der Waals surface area contributed by atoms with Crippen molar-refractivity contribution in [3.63, 3.8) is 0 Å². The van der Waals surface area contributed by atoms with Crippen molar-refractivity contribution in [3.05, 3.63) is 90.6 Å². The summed E-state index contributed by atoms with van der Waals surface area (Å²) in [5.41, 5.74) is 3.32. The Bertz CT molecular complexity index is 1160. The second-order valence-corrected chi connectivity index (χ2v) is 7.98. The van der Waals surface area contributed by atoms with Gasteiger partial charge in [-0.3, -0.25) is 0 Å². The molecule has 0 unspecified atom stereocenters. The summed E-state index contributed by atoms with van der Waals surface area (Å²) in [6.45, 7) is 1.93. The van der Waals surface area contributed by atoms with E-state index in [0.29, 0.717) is 5.52 Å². The fraction of sp³-hybridized carbons (Fsp3) is 0.0476. The first kappa shape index (κ1) is 16.4. The third kappa shape index (κ3) is 2.86. The lowest BCUT2D eigenvalue weighted by atomic mass is 10.2. The van der Waals surface area contributed by atoms with Gasteiger partial charge in [-0.1, -0.05) is 54.1 Å². The minimum atomic E-state index is -3.68. The third-order valence-electron chi connectivity index (χ3n) is 4.31. The van der Waals surface area contributed by atoms with Crippen LogP contribution in [0.15, 0.2) is 90.0 Å². The molecule has 4 rings (SSSR count). The van der Waals surface area contributed by atoms with Gasteiger partial charge in [-0.25, -0.2) is 12.4 Å². The number of rotatable bonds is 4. The van der Waals surface area contributed by atoms with E-state index in [-0.39, 0.29) is 4.90 Å². The number of benzene rings is 3. The summed E-state index contributed by atoms with van der Waals surface area (Å²) in [6, 6.07) is 24.1. The summed E-state index contributed by atoms with van der Waals surface area (Å²) in [4.78, 5) is 0.273. The Labute approximate surface area is 152 Å². The molecule has 0 aliphatic heterocycles. The number of hydrogen-bond donors (Lipinski definition) is 1. The van der Waals surface area contributed by atoms with Crippen LogP contribution in [0.2, 0.25) is 0 Å². The summed E-state index contributed by atoms with van der Waals surface area (Å²) in [5.74, 6) is 0. The van der Waals surface area contributed by atoms with Crippen molar-refractivity contribution in [3.8, 4) is 0 Å². The topological polar surface area (TPSA) is 51.1 Å². The number of aromatic nitrogens is 1. The largest absolute Gasteiger partial charge is 0.354 e. The van der Waals surface area contributed by atoms with Crippen molar-refractivity contribution in [2.75, 3.05) is 5.32 Å². The van der Waals surface area contributed by atoms with E-state index in [1.807, 2.05) is 73.7 Å². The van der Waals surface area contributed by atoms with Gasteiger partial charge in [0.25, 0.3) is 10.0 Å². The molecule has 1 heterocycles. The van der Waals surface area contributed by atoms with E-state index in [2.05, 4.69) is 5.32 Å². The Kier molecular flexibility index (Phi) is 4.01. The molecule has 0 aliphatic carbocycles. The highest BCUT2D eigenvalue weighted by Gasteiger charge is 2.21. The lowest BCUT2D eigenvalue weighted by Crippen LogP contribution is -2.11. The molecule has 3 aromatic carbocycles. The van der Waals surface area contributed by atoms with Gasteiger partial charge in [0.05, 0.1) is 16.1 Å². The Hall–Kier alpha value is -3.05. The maximum atomic E-state index is 13.2. The smallest absolute Gasteiger partial charge is 0.268 e. The number of nitrogens with one attached hydrogen (secondary N) is 1. The molecule has 0 saturated heterocycles. The first-order valence-electron chi connectivity index (χ1n) is 8.30. The van der Waals surface area contributed by atoms with Crippen LogP contribution in [0.1, 0.15) is 5.56 Å². The number of aryl methyl sites for hydroxylation is 1. The fourth-order valence-electron chi connectivity index (χ4n) is 2.95. The monoisotopic (exact) mass is 362 g/mol. The van der Waals surface area contributed by atoms with Crippen LogP contribution in [-0.2, 0) is 10.0 Å². The Morgan fingerprint density at radius 1 is 0.808 bits per heavy atom. The molecule has 1 aromatic heterocycles. The molecule has 5 heteroatoms. The minimum Gasteiger partial charge on any atom is -0.354 e. The zero-order valence-corrected chi connectivity index (χ0v) is 15.1. The van der Waals surface area contributed by atoms with Crippen LogP contribution in [0.5, 0.6) is 0 Å². The minimum absolute atomic E-state index is 0.273. The summed E-state index contributed by atoms with van der Waals surface area (Å²) in [5, 5.41) is 4.17. The highest BCUT2D eigenvalue weighted by molar-refractivity contribution is 7.90. The van der Waals surface area contributed by atoms with Gasteiger partial charge in [-0.05, 0) is 37.3 Å². The van der Waals surface area contributed by atoms with Crippen LogP contribution >= 0.6 is 0 Å². The molecule has 0 bridgehead atoms. The van der Waals surface area contributed by atoms with E-state index >= 15 is 0 Å². The predicted octanol–water partition coefficient (Wildman–Crippen LogP) is 4.93. The van der Waals surface area contributed by atoms with Crippen molar-refractivity contribution in [1.82, 2.24) is 3.97 Å². The maximum Gasteiger partial charge on any atom is 0.268 e. The number of anilines is 2. The molecule has 0 amide bonds. The zero-order valence-electron chi connectivity index (χ0n) is 14.3. The molecule has 4 aromatic rings. The summed E-state index contributed by atoms with van der Waals surface area (Å²) in [6.07, 6.45) is 1.65. The number of nitrogens with zero attached hydrogens (tertiary/aromatic N) is 1. The summed E-state index contributed by atoms with van der Waals surface area (Å²) < 4.78 is 27.7. The Balaban J connectivity index is 1.87. The van der Waals surface area contributed by atoms with Crippen molar-refractivity contribution in [1.29, 1.82) is 0 Å². The molecule has 0 fully saturated rings. The number of fused-ring (bicyclic) bond motifs is 1. The predicted molar refractivity (Wildman–Crippen MR) is 105 cm³/mol. The molecule has 0 atom stereocenters. The highest BCUT2D eigenvalue weighted by Crippen LogP contribution is 2.31. The quantitative estimate of drug-likeness (QED) is 0.560. The fourth-order valence-corrected chi connectivity index (χ4v) is 4.32. The van der Waals surface area contributed by atoms with E-state index in [0.717, 1.165) is 22.3 Å². The third-order valence-corrected chi connectivity index (χ3v) is 6.00. The van der Waals surface area contributed by atoms with Crippen LogP contribution in [0.25, 0.3) is 10.9 Å². The number of para-hydroxylation sites is 2. The standard InChI is InChI=1S/C21H18N2O2S/c1-16-11-13-18(14-12-16)26(24,25)23-15-20(19-9-5-6-10-21(19)23)22-17-7-3-2-4-8-17/h2-15,22H,1H3. The van der Waals surface area contributed by atoms with Crippen molar-refractivity contribution in [2.24, 2.45) is 0 Å². The van der Waals surface area contributed by atoms with E-state index in [4.69, 9.17) is 0 Å². The molecule has 130 valence electrons. The van der Waals surface area contributed by atoms with Gasteiger partial charge < -0.3 is 5.32 Å². The van der Waals surface area contributed by atoms with E-state index < -0.39 is 10.0 Å². The van der Waals surface area contributed by atoms with Gasteiger partial charge in [0.15, 0.2) is 0 Å². The van der Waals surface area contributed by atoms with Crippen LogP contribution < -0.4 is 5.32 Å². The van der Waals surface area contributed by atoms with E-state index in [1.165, 1.54) is 3.97 Å². The van der Waals surface area contributed by atoms with Gasteiger partial charge in [0, 0.05) is 17.3 Å². The lowest BCUT2D eigenvalue weighted by molar-refractivity contribution is 0.589. The molecule has 0 saturated carbocycles. The summed E-state index contributed by atoms with van der Waals surface area (Å²) in [7, 11) is -3.68. The van der Waals surface area contributed by atoms with Crippen LogP contribution in [0.3, 0.4) is 0 Å². The molecule has 0 aliphatic rings. The highest BCUT2D eigenvalue weighted by atomic mass is 32.2. The Morgan fingerprint density at radius 3 is 2.19 bits per heavy atom. The van der Waals surface area contributed by atoms with Gasteiger partial charge in [-0.2, -0.15) is 0 Å². The molecular weight excluding hydrogens is 344 g/mol. The van der Waals surface area contributed by atoms with Gasteiger partial charge in [-0.15, -0.1) is 0 Å². The molecule has 26 heavy (non-hydrogen) atoms. The summed E-state index contributed by atoms with van der Waals surface area (Å²) >= 11 is 0. The van der Waals surface area contributed by atoms with E-state index in [9.17, 15) is 8.42 Å². The van der Waals surface area contributed by atoms with Crippen molar-refractivity contribution in [2.45, 2.75) is 11.8 Å². The normalized spacial score (nSPS) is 11.6. The first-order valence-corrected chi connectivity index (χ1v) is 9.74. The van der Waals surface area contributed by atoms with Crippen LogP contribution in [-0.4, -0.2) is 12.4 Å². The average molecular weight is 362 g/mol. The second-order valence-electron chi connectivity index (χ2n) is 6.16. The molecule has 1 N–H and O–H groups in total. The van der Waals surface area contributed by atoms with E-state index in [1.54, 1.807) is 18.3 Å². The molecule has 0 radical (unpaired) electrons. The van der Waals surface area contributed by atoms with Gasteiger partial charge in [0.2, 0.25) is 0 Å².